The van der Waals surface area contributed by atoms with Crippen LogP contribution >= 0.6 is 11.6 Å². The first-order chi connectivity index (χ1) is 18.9. The number of likely N-dealkylation sites (tertiary alicyclic amines) is 1. The van der Waals surface area contributed by atoms with Crippen LogP contribution < -0.4 is 5.32 Å². The van der Waals surface area contributed by atoms with Gasteiger partial charge in [-0.15, -0.1) is 0 Å². The Morgan fingerprint density at radius 1 is 1.00 bits per heavy atom. The lowest BCUT2D eigenvalue weighted by Crippen LogP contribution is -2.43. The first kappa shape index (κ1) is 26.4. The number of hydrogen-bond acceptors (Lipinski definition) is 4. The Balaban J connectivity index is 1.31. The van der Waals surface area contributed by atoms with Crippen LogP contribution in [0.1, 0.15) is 40.2 Å². The molecular weight excluding hydrogens is 516 g/mol. The average Bonchev–Trinajstić information content (AvgIpc) is 3.37. The molecule has 5 rings (SSSR count). The van der Waals surface area contributed by atoms with E-state index >= 15 is 0 Å². The highest BCUT2D eigenvalue weighted by Crippen LogP contribution is 2.26. The second kappa shape index (κ2) is 11.7. The van der Waals surface area contributed by atoms with Gasteiger partial charge in [-0.2, -0.15) is 5.10 Å². The SMILES string of the molecule is O=C(NCc1cccc(Cl)c1)c1ccc2cn(CC(C(=O)N3CCC(C(=O)O)CC3)c3ccccc3)nc2c1. The smallest absolute Gasteiger partial charge is 0.306 e. The fraction of sp³-hybridized carbons (Fsp3) is 0.267. The van der Waals surface area contributed by atoms with E-state index in [1.807, 2.05) is 60.8 Å². The summed E-state index contributed by atoms with van der Waals surface area (Å²) < 4.78 is 1.75. The normalized spacial score (nSPS) is 14.7. The van der Waals surface area contributed by atoms with Gasteiger partial charge in [0.25, 0.3) is 5.91 Å². The second-order valence-electron chi connectivity index (χ2n) is 9.84. The molecule has 2 heterocycles. The summed E-state index contributed by atoms with van der Waals surface area (Å²) in [7, 11) is 0. The van der Waals surface area contributed by atoms with Crippen molar-refractivity contribution in [2.75, 3.05) is 13.1 Å². The van der Waals surface area contributed by atoms with Gasteiger partial charge in [-0.05, 0) is 48.2 Å². The number of aliphatic carboxylic acids is 1. The lowest BCUT2D eigenvalue weighted by molar-refractivity contribution is -0.146. The number of fused-ring (bicyclic) bond motifs is 1. The molecule has 0 spiro atoms. The number of carbonyl (C=O) groups is 3. The molecule has 2 N–H and O–H groups in total. The first-order valence-electron chi connectivity index (χ1n) is 12.9. The van der Waals surface area contributed by atoms with Gasteiger partial charge in [-0.3, -0.25) is 19.1 Å². The highest BCUT2D eigenvalue weighted by atomic mass is 35.5. The van der Waals surface area contributed by atoms with E-state index in [0.29, 0.717) is 55.1 Å². The number of nitrogens with zero attached hydrogens (tertiary/aromatic N) is 3. The van der Waals surface area contributed by atoms with Crippen LogP contribution in [0.2, 0.25) is 5.02 Å². The number of carboxylic acids is 1. The molecule has 2 amide bonds. The molecule has 1 unspecified atom stereocenters. The van der Waals surface area contributed by atoms with E-state index in [-0.39, 0.29) is 11.8 Å². The zero-order valence-electron chi connectivity index (χ0n) is 21.3. The summed E-state index contributed by atoms with van der Waals surface area (Å²) in [4.78, 5) is 39.5. The summed E-state index contributed by atoms with van der Waals surface area (Å²) in [6.07, 6.45) is 2.79. The highest BCUT2D eigenvalue weighted by Gasteiger charge is 2.32. The van der Waals surface area contributed by atoms with Crippen molar-refractivity contribution in [1.82, 2.24) is 20.0 Å². The van der Waals surface area contributed by atoms with Crippen molar-refractivity contribution in [1.29, 1.82) is 0 Å². The predicted octanol–water partition coefficient (Wildman–Crippen LogP) is 4.73. The molecule has 39 heavy (non-hydrogen) atoms. The van der Waals surface area contributed by atoms with E-state index in [9.17, 15) is 19.5 Å². The van der Waals surface area contributed by atoms with Gasteiger partial charge in [0.15, 0.2) is 0 Å². The fourth-order valence-corrected chi connectivity index (χ4v) is 5.21. The zero-order chi connectivity index (χ0) is 27.4. The summed E-state index contributed by atoms with van der Waals surface area (Å²) in [5.74, 6) is -1.93. The van der Waals surface area contributed by atoms with Crippen LogP contribution in [0.15, 0.2) is 79.0 Å². The number of carbonyl (C=O) groups excluding carboxylic acids is 2. The van der Waals surface area contributed by atoms with Gasteiger partial charge in [0, 0.05) is 41.8 Å². The monoisotopic (exact) mass is 544 g/mol. The molecule has 1 atom stereocenters. The Hall–Kier alpha value is -4.17. The molecule has 200 valence electrons. The van der Waals surface area contributed by atoms with Crippen molar-refractivity contribution in [3.63, 3.8) is 0 Å². The molecule has 1 aliphatic heterocycles. The quantitative estimate of drug-likeness (QED) is 0.334. The van der Waals surface area contributed by atoms with Crippen molar-refractivity contribution < 1.29 is 19.5 Å². The summed E-state index contributed by atoms with van der Waals surface area (Å²) in [5, 5.41) is 18.4. The van der Waals surface area contributed by atoms with Crippen molar-refractivity contribution in [2.24, 2.45) is 5.92 Å². The van der Waals surface area contributed by atoms with Crippen LogP contribution in [-0.2, 0) is 22.7 Å². The zero-order valence-corrected chi connectivity index (χ0v) is 22.1. The average molecular weight is 545 g/mol. The van der Waals surface area contributed by atoms with Crippen molar-refractivity contribution in [3.8, 4) is 0 Å². The fourth-order valence-electron chi connectivity index (χ4n) is 5.00. The van der Waals surface area contributed by atoms with Gasteiger partial charge >= 0.3 is 5.97 Å². The van der Waals surface area contributed by atoms with E-state index in [2.05, 4.69) is 10.4 Å². The largest absolute Gasteiger partial charge is 0.481 e. The third-order valence-electron chi connectivity index (χ3n) is 7.18. The van der Waals surface area contributed by atoms with Gasteiger partial charge < -0.3 is 15.3 Å². The molecule has 0 bridgehead atoms. The van der Waals surface area contributed by atoms with Crippen LogP contribution in [0, 0.1) is 5.92 Å². The minimum atomic E-state index is -0.803. The highest BCUT2D eigenvalue weighted by molar-refractivity contribution is 6.30. The number of carboxylic acid groups (broad SMARTS) is 1. The number of halogens is 1. The number of hydrogen-bond donors (Lipinski definition) is 2. The van der Waals surface area contributed by atoms with E-state index in [1.165, 1.54) is 0 Å². The van der Waals surface area contributed by atoms with Crippen LogP contribution in [-0.4, -0.2) is 50.7 Å². The number of amides is 2. The minimum absolute atomic E-state index is 0.0364. The third kappa shape index (κ3) is 6.29. The maximum Gasteiger partial charge on any atom is 0.306 e. The summed E-state index contributed by atoms with van der Waals surface area (Å²) in [5.41, 5.74) is 2.94. The first-order valence-corrected chi connectivity index (χ1v) is 13.3. The Morgan fingerprint density at radius 2 is 1.77 bits per heavy atom. The Kier molecular flexibility index (Phi) is 7.93. The second-order valence-corrected chi connectivity index (χ2v) is 10.3. The molecule has 0 saturated carbocycles. The standard InChI is InChI=1S/C30H29ClN4O4/c31-25-8-4-5-20(15-25)17-32-28(36)23-9-10-24-18-35(33-27(24)16-23)19-26(21-6-2-1-3-7-21)29(37)34-13-11-22(12-14-34)30(38)39/h1-10,15-16,18,22,26H,11-14,17,19H2,(H,32,36)(H,38,39). The van der Waals surface area contributed by atoms with Gasteiger partial charge in [0.1, 0.15) is 0 Å². The van der Waals surface area contributed by atoms with Crippen LogP contribution in [0.4, 0.5) is 0 Å². The van der Waals surface area contributed by atoms with Crippen molar-refractivity contribution in [2.45, 2.75) is 31.8 Å². The van der Waals surface area contributed by atoms with Gasteiger partial charge in [-0.25, -0.2) is 0 Å². The number of benzene rings is 3. The topological polar surface area (TPSA) is 105 Å². The Bertz CT molecular complexity index is 1500. The molecule has 1 fully saturated rings. The van der Waals surface area contributed by atoms with Crippen molar-refractivity contribution in [3.05, 3.63) is 101 Å². The number of rotatable bonds is 8. The van der Waals surface area contributed by atoms with Crippen molar-refractivity contribution >= 4 is 40.3 Å². The maximum atomic E-state index is 13.6. The molecular formula is C30H29ClN4O4. The van der Waals surface area contributed by atoms with E-state index in [4.69, 9.17) is 11.6 Å². The van der Waals surface area contributed by atoms with E-state index in [1.54, 1.807) is 27.8 Å². The minimum Gasteiger partial charge on any atom is -0.481 e. The Labute approximate surface area is 231 Å². The number of nitrogens with one attached hydrogen (secondary N) is 1. The summed E-state index contributed by atoms with van der Waals surface area (Å²) >= 11 is 6.03. The van der Waals surface area contributed by atoms with Crippen LogP contribution in [0.5, 0.6) is 0 Å². The third-order valence-corrected chi connectivity index (χ3v) is 7.42. The molecule has 1 aromatic heterocycles. The Morgan fingerprint density at radius 3 is 2.49 bits per heavy atom. The molecule has 1 saturated heterocycles. The van der Waals surface area contributed by atoms with E-state index < -0.39 is 17.8 Å². The maximum absolute atomic E-state index is 13.6. The molecule has 1 aliphatic rings. The van der Waals surface area contributed by atoms with Crippen LogP contribution in [0.3, 0.4) is 0 Å². The predicted molar refractivity (Wildman–Crippen MR) is 148 cm³/mol. The molecule has 4 aromatic rings. The number of piperidine rings is 1. The summed E-state index contributed by atoms with van der Waals surface area (Å²) in [6.45, 7) is 1.53. The molecule has 0 radical (unpaired) electrons. The summed E-state index contributed by atoms with van der Waals surface area (Å²) in [6, 6.07) is 22.3. The van der Waals surface area contributed by atoms with Gasteiger partial charge in [0.05, 0.1) is 23.9 Å². The molecule has 3 aromatic carbocycles. The lowest BCUT2D eigenvalue weighted by atomic mass is 9.93. The molecule has 8 nitrogen and oxygen atoms in total. The van der Waals surface area contributed by atoms with Crippen LogP contribution in [0.25, 0.3) is 10.9 Å². The van der Waals surface area contributed by atoms with Gasteiger partial charge in [-0.1, -0.05) is 60.1 Å². The van der Waals surface area contributed by atoms with Gasteiger partial charge in [0.2, 0.25) is 5.91 Å². The molecule has 9 heteroatoms. The van der Waals surface area contributed by atoms with E-state index in [0.717, 1.165) is 16.5 Å². The lowest BCUT2D eigenvalue weighted by Gasteiger charge is -2.33. The number of aromatic nitrogens is 2. The molecule has 0 aliphatic carbocycles.